The molecule has 4 rings (SSSR count). The van der Waals surface area contributed by atoms with Crippen LogP contribution in [0.15, 0.2) is 48.8 Å². The molecule has 26 heavy (non-hydrogen) atoms. The summed E-state index contributed by atoms with van der Waals surface area (Å²) in [5, 5.41) is 0. The van der Waals surface area contributed by atoms with E-state index in [1.54, 1.807) is 0 Å². The molecule has 0 unspecified atom stereocenters. The van der Waals surface area contributed by atoms with E-state index in [1.807, 2.05) is 29.4 Å². The fourth-order valence-corrected chi connectivity index (χ4v) is 3.92. The van der Waals surface area contributed by atoms with Gasteiger partial charge in [-0.25, -0.2) is 0 Å². The van der Waals surface area contributed by atoms with Gasteiger partial charge in [0.05, 0.1) is 25.7 Å². The first-order valence-electron chi connectivity index (χ1n) is 9.40. The van der Waals surface area contributed by atoms with Gasteiger partial charge in [-0.05, 0) is 24.6 Å². The Balaban J connectivity index is 1.46. The summed E-state index contributed by atoms with van der Waals surface area (Å²) >= 11 is 0. The SMILES string of the molecule is Cc1ccc([C@@H](CC(=O)N2CCC3(CC2)OCCO3)n2cccc2)cc1. The van der Waals surface area contributed by atoms with Crippen molar-refractivity contribution < 1.29 is 14.3 Å². The number of aryl methyl sites for hydroxylation is 1. The highest BCUT2D eigenvalue weighted by molar-refractivity contribution is 5.77. The first kappa shape index (κ1) is 17.3. The van der Waals surface area contributed by atoms with Crippen LogP contribution in [-0.4, -0.2) is 47.5 Å². The van der Waals surface area contributed by atoms with Crippen LogP contribution >= 0.6 is 0 Å². The highest BCUT2D eigenvalue weighted by Crippen LogP contribution is 2.32. The number of nitrogens with zero attached hydrogens (tertiary/aromatic N) is 2. The molecule has 138 valence electrons. The molecule has 1 aromatic carbocycles. The molecule has 5 nitrogen and oxygen atoms in total. The van der Waals surface area contributed by atoms with Crippen LogP contribution in [0.4, 0.5) is 0 Å². The third kappa shape index (κ3) is 3.55. The van der Waals surface area contributed by atoms with Gasteiger partial charge in [-0.15, -0.1) is 0 Å². The molecule has 0 N–H and O–H groups in total. The van der Waals surface area contributed by atoms with Crippen LogP contribution < -0.4 is 0 Å². The minimum absolute atomic E-state index is 0.0213. The zero-order chi connectivity index (χ0) is 18.0. The molecule has 1 spiro atoms. The van der Waals surface area contributed by atoms with Crippen molar-refractivity contribution in [3.05, 3.63) is 59.9 Å². The average molecular weight is 354 g/mol. The lowest BCUT2D eigenvalue weighted by Gasteiger charge is -2.38. The Morgan fingerprint density at radius 3 is 2.31 bits per heavy atom. The number of hydrogen-bond donors (Lipinski definition) is 0. The van der Waals surface area contributed by atoms with Crippen LogP contribution in [-0.2, 0) is 14.3 Å². The van der Waals surface area contributed by atoms with Gasteiger partial charge >= 0.3 is 0 Å². The van der Waals surface area contributed by atoms with E-state index in [0.29, 0.717) is 32.7 Å². The summed E-state index contributed by atoms with van der Waals surface area (Å²) in [7, 11) is 0. The van der Waals surface area contributed by atoms with Gasteiger partial charge in [-0.3, -0.25) is 4.79 Å². The fraction of sp³-hybridized carbons (Fsp3) is 0.476. The fourth-order valence-electron chi connectivity index (χ4n) is 3.92. The van der Waals surface area contributed by atoms with E-state index in [9.17, 15) is 4.79 Å². The molecule has 2 aliphatic heterocycles. The number of aromatic nitrogens is 1. The van der Waals surface area contributed by atoms with Crippen molar-refractivity contribution in [1.82, 2.24) is 9.47 Å². The van der Waals surface area contributed by atoms with Crippen LogP contribution in [0.2, 0.25) is 0 Å². The first-order valence-corrected chi connectivity index (χ1v) is 9.40. The number of ether oxygens (including phenoxy) is 2. The number of likely N-dealkylation sites (tertiary alicyclic amines) is 1. The Morgan fingerprint density at radius 1 is 1.08 bits per heavy atom. The minimum atomic E-state index is -0.437. The number of benzene rings is 1. The Kier molecular flexibility index (Phi) is 4.83. The van der Waals surface area contributed by atoms with Gasteiger partial charge in [0.15, 0.2) is 5.79 Å². The molecule has 1 aromatic heterocycles. The molecule has 0 aliphatic carbocycles. The van der Waals surface area contributed by atoms with Crippen LogP contribution in [0.1, 0.15) is 36.4 Å². The van der Waals surface area contributed by atoms with Crippen molar-refractivity contribution in [2.75, 3.05) is 26.3 Å². The number of rotatable bonds is 4. The quantitative estimate of drug-likeness (QED) is 0.847. The van der Waals surface area contributed by atoms with E-state index in [4.69, 9.17) is 9.47 Å². The highest BCUT2D eigenvalue weighted by atomic mass is 16.7. The van der Waals surface area contributed by atoms with E-state index in [2.05, 4.69) is 35.8 Å². The molecule has 2 fully saturated rings. The minimum Gasteiger partial charge on any atom is -0.347 e. The standard InChI is InChI=1S/C21H26N2O3/c1-17-4-6-18(7-5-17)19(22-10-2-3-11-22)16-20(24)23-12-8-21(9-13-23)25-14-15-26-21/h2-7,10-11,19H,8-9,12-16H2,1H3/t19-/m1/s1. The molecule has 0 saturated carbocycles. The molecule has 2 aromatic rings. The summed E-state index contributed by atoms with van der Waals surface area (Å²) < 4.78 is 13.7. The zero-order valence-corrected chi connectivity index (χ0v) is 15.3. The monoisotopic (exact) mass is 354 g/mol. The van der Waals surface area contributed by atoms with Crippen molar-refractivity contribution in [3.63, 3.8) is 0 Å². The molecule has 0 radical (unpaired) electrons. The Hall–Kier alpha value is -2.11. The van der Waals surface area contributed by atoms with E-state index in [1.165, 1.54) is 5.56 Å². The smallest absolute Gasteiger partial charge is 0.225 e. The van der Waals surface area contributed by atoms with Gasteiger partial charge in [-0.1, -0.05) is 29.8 Å². The van der Waals surface area contributed by atoms with Gasteiger partial charge < -0.3 is 18.9 Å². The Morgan fingerprint density at radius 2 is 1.69 bits per heavy atom. The molecule has 2 aliphatic rings. The molecule has 3 heterocycles. The van der Waals surface area contributed by atoms with Gasteiger partial charge in [0.2, 0.25) is 5.91 Å². The zero-order valence-electron chi connectivity index (χ0n) is 15.3. The lowest BCUT2D eigenvalue weighted by molar-refractivity contribution is -0.187. The second-order valence-electron chi connectivity index (χ2n) is 7.25. The van der Waals surface area contributed by atoms with Crippen LogP contribution in [0, 0.1) is 6.92 Å². The second-order valence-corrected chi connectivity index (χ2v) is 7.25. The second kappa shape index (κ2) is 7.25. The molecule has 1 atom stereocenters. The van der Waals surface area contributed by atoms with E-state index >= 15 is 0 Å². The third-order valence-corrected chi connectivity index (χ3v) is 5.51. The van der Waals surface area contributed by atoms with Crippen molar-refractivity contribution in [2.45, 2.75) is 38.0 Å². The molecule has 5 heteroatoms. The third-order valence-electron chi connectivity index (χ3n) is 5.51. The number of piperidine rings is 1. The van der Waals surface area contributed by atoms with Crippen LogP contribution in [0.25, 0.3) is 0 Å². The summed E-state index contributed by atoms with van der Waals surface area (Å²) in [6.07, 6.45) is 6.05. The van der Waals surface area contributed by atoms with Gasteiger partial charge in [0.25, 0.3) is 0 Å². The highest BCUT2D eigenvalue weighted by Gasteiger charge is 2.40. The summed E-state index contributed by atoms with van der Waals surface area (Å²) in [6.45, 7) is 4.81. The molecule has 0 bridgehead atoms. The average Bonchev–Trinajstić information content (AvgIpc) is 3.34. The van der Waals surface area contributed by atoms with Crippen molar-refractivity contribution >= 4 is 5.91 Å². The lowest BCUT2D eigenvalue weighted by atomic mass is 9.99. The first-order chi connectivity index (χ1) is 12.7. The van der Waals surface area contributed by atoms with E-state index in [0.717, 1.165) is 18.4 Å². The van der Waals surface area contributed by atoms with Gasteiger partial charge in [0.1, 0.15) is 0 Å². The number of hydrogen-bond acceptors (Lipinski definition) is 3. The van der Waals surface area contributed by atoms with Crippen molar-refractivity contribution in [3.8, 4) is 0 Å². The maximum absolute atomic E-state index is 13.0. The van der Waals surface area contributed by atoms with Crippen LogP contribution in [0.3, 0.4) is 0 Å². The summed E-state index contributed by atoms with van der Waals surface area (Å²) in [6, 6.07) is 12.5. The summed E-state index contributed by atoms with van der Waals surface area (Å²) in [5.41, 5.74) is 2.39. The molecule has 2 saturated heterocycles. The maximum Gasteiger partial charge on any atom is 0.225 e. The largest absolute Gasteiger partial charge is 0.347 e. The Bertz CT molecular complexity index is 723. The van der Waals surface area contributed by atoms with Crippen molar-refractivity contribution in [2.24, 2.45) is 0 Å². The topological polar surface area (TPSA) is 43.7 Å². The normalized spacial score (nSPS) is 20.4. The van der Waals surface area contributed by atoms with Gasteiger partial charge in [-0.2, -0.15) is 0 Å². The number of amides is 1. The van der Waals surface area contributed by atoms with E-state index in [-0.39, 0.29) is 11.9 Å². The molecular weight excluding hydrogens is 328 g/mol. The van der Waals surface area contributed by atoms with E-state index < -0.39 is 5.79 Å². The summed E-state index contributed by atoms with van der Waals surface area (Å²) in [5.74, 6) is -0.245. The number of carbonyl (C=O) groups excluding carboxylic acids is 1. The van der Waals surface area contributed by atoms with Crippen LogP contribution in [0.5, 0.6) is 0 Å². The molecule has 1 amide bonds. The summed E-state index contributed by atoms with van der Waals surface area (Å²) in [4.78, 5) is 14.9. The van der Waals surface area contributed by atoms with Crippen molar-refractivity contribution in [1.29, 1.82) is 0 Å². The Labute approximate surface area is 154 Å². The maximum atomic E-state index is 13.0. The predicted octanol–water partition coefficient (Wildman–Crippen LogP) is 3.14. The predicted molar refractivity (Wildman–Crippen MR) is 98.8 cm³/mol. The lowest BCUT2D eigenvalue weighted by Crippen LogP contribution is -2.47. The molecular formula is C21H26N2O3. The number of carbonyl (C=O) groups is 1. The van der Waals surface area contributed by atoms with Gasteiger partial charge in [0, 0.05) is 38.3 Å².